The van der Waals surface area contributed by atoms with Crippen LogP contribution in [-0.4, -0.2) is 6.10 Å². The summed E-state index contributed by atoms with van der Waals surface area (Å²) in [5.41, 5.74) is 0. The maximum Gasteiger partial charge on any atom is 0.122 e. The molecule has 1 heterocycles. The Kier molecular flexibility index (Phi) is 2.02. The molecule has 1 aliphatic rings. The Morgan fingerprint density at radius 1 is 1.30 bits per heavy atom. The van der Waals surface area contributed by atoms with E-state index in [4.69, 9.17) is 4.74 Å². The van der Waals surface area contributed by atoms with E-state index < -0.39 is 0 Å². The normalized spacial score (nSPS) is 24.2. The van der Waals surface area contributed by atoms with Crippen molar-refractivity contribution in [2.75, 3.05) is 0 Å². The molecule has 0 radical (unpaired) electrons. The van der Waals surface area contributed by atoms with Crippen molar-refractivity contribution >= 4 is 0 Å². The molecule has 1 unspecified atom stereocenters. The second-order valence-corrected chi connectivity index (χ2v) is 3.55. The van der Waals surface area contributed by atoms with Gasteiger partial charge in [0.1, 0.15) is 6.10 Å². The van der Waals surface area contributed by atoms with Crippen LogP contribution in [-0.2, 0) is 4.74 Å². The smallest absolute Gasteiger partial charge is 0.122 e. The molecule has 0 N–H and O–H groups in total. The van der Waals surface area contributed by atoms with E-state index in [1.54, 1.807) is 0 Å². The largest absolute Gasteiger partial charge is 0.490 e. The van der Waals surface area contributed by atoms with Gasteiger partial charge in [-0.05, 0) is 12.0 Å². The average Bonchev–Trinajstić information content (AvgIpc) is 1.56. The predicted molar refractivity (Wildman–Crippen MR) is 42.6 cm³/mol. The van der Waals surface area contributed by atoms with Crippen LogP contribution in [0.5, 0.6) is 0 Å². The molecule has 1 heteroatoms. The molecular weight excluding hydrogens is 124 g/mol. The topological polar surface area (TPSA) is 9.23 Å². The molecule has 0 aromatic carbocycles. The summed E-state index contributed by atoms with van der Waals surface area (Å²) in [6.07, 6.45) is 2.62. The van der Waals surface area contributed by atoms with E-state index in [0.717, 1.165) is 0 Å². The Labute approximate surface area is 63.1 Å². The second-order valence-electron chi connectivity index (χ2n) is 3.55. The lowest BCUT2D eigenvalue weighted by atomic mass is 9.99. The van der Waals surface area contributed by atoms with Gasteiger partial charge in [0.05, 0.1) is 5.76 Å². The summed E-state index contributed by atoms with van der Waals surface area (Å²) in [5, 5.41) is 0. The third-order valence-corrected chi connectivity index (χ3v) is 1.83. The molecule has 1 nitrogen and oxygen atoms in total. The van der Waals surface area contributed by atoms with Crippen molar-refractivity contribution in [3.05, 3.63) is 11.8 Å². The van der Waals surface area contributed by atoms with Crippen molar-refractivity contribution in [3.8, 4) is 0 Å². The minimum absolute atomic E-state index is 0.386. The molecule has 0 bridgehead atoms. The highest BCUT2D eigenvalue weighted by atomic mass is 16.5. The van der Waals surface area contributed by atoms with Crippen LogP contribution in [0.4, 0.5) is 0 Å². The van der Waals surface area contributed by atoms with Crippen LogP contribution < -0.4 is 0 Å². The van der Waals surface area contributed by atoms with Gasteiger partial charge in [0, 0.05) is 5.92 Å². The molecule has 1 rings (SSSR count). The number of hydrogen-bond acceptors (Lipinski definition) is 1. The van der Waals surface area contributed by atoms with E-state index in [2.05, 4.69) is 33.8 Å². The Morgan fingerprint density at radius 3 is 2.10 bits per heavy atom. The van der Waals surface area contributed by atoms with Crippen LogP contribution in [0.25, 0.3) is 0 Å². The van der Waals surface area contributed by atoms with Crippen LogP contribution in [0.1, 0.15) is 27.7 Å². The number of allylic oxidation sites excluding steroid dienone is 1. The average molecular weight is 140 g/mol. The van der Waals surface area contributed by atoms with Gasteiger partial charge < -0.3 is 4.74 Å². The maximum atomic E-state index is 5.52. The molecule has 0 saturated carbocycles. The molecule has 0 fully saturated rings. The lowest BCUT2D eigenvalue weighted by Crippen LogP contribution is -2.27. The molecule has 0 spiro atoms. The summed E-state index contributed by atoms with van der Waals surface area (Å²) >= 11 is 0. The third-order valence-electron chi connectivity index (χ3n) is 1.83. The van der Waals surface area contributed by atoms with E-state index >= 15 is 0 Å². The van der Waals surface area contributed by atoms with Gasteiger partial charge in [-0.15, -0.1) is 0 Å². The fourth-order valence-corrected chi connectivity index (χ4v) is 0.977. The first kappa shape index (κ1) is 7.64. The fraction of sp³-hybridized carbons (Fsp3) is 0.778. The van der Waals surface area contributed by atoms with Crippen molar-refractivity contribution in [1.29, 1.82) is 0 Å². The molecule has 58 valence electrons. The van der Waals surface area contributed by atoms with E-state index in [1.807, 2.05) is 0 Å². The summed E-state index contributed by atoms with van der Waals surface area (Å²) in [4.78, 5) is 0. The summed E-state index contributed by atoms with van der Waals surface area (Å²) in [5.74, 6) is 2.36. The highest BCUT2D eigenvalue weighted by Gasteiger charge is 2.24. The van der Waals surface area contributed by atoms with E-state index in [9.17, 15) is 0 Å². The highest BCUT2D eigenvalue weighted by molar-refractivity contribution is 5.11. The zero-order chi connectivity index (χ0) is 7.72. The standard InChI is InChI=1S/C9H16O/c1-6(2)8-5-9(10-8)7(3)4/h5-8H,1-4H3. The van der Waals surface area contributed by atoms with Gasteiger partial charge in [-0.2, -0.15) is 0 Å². The van der Waals surface area contributed by atoms with Gasteiger partial charge in [-0.25, -0.2) is 0 Å². The van der Waals surface area contributed by atoms with Gasteiger partial charge in [0.2, 0.25) is 0 Å². The first-order valence-corrected chi connectivity index (χ1v) is 3.99. The minimum atomic E-state index is 0.386. The van der Waals surface area contributed by atoms with Gasteiger partial charge in [0.25, 0.3) is 0 Å². The molecule has 0 saturated heterocycles. The van der Waals surface area contributed by atoms with Crippen molar-refractivity contribution in [2.45, 2.75) is 33.8 Å². The van der Waals surface area contributed by atoms with Gasteiger partial charge >= 0.3 is 0 Å². The molecular formula is C9H16O. The highest BCUT2D eigenvalue weighted by Crippen LogP contribution is 2.28. The molecule has 0 aliphatic carbocycles. The van der Waals surface area contributed by atoms with Gasteiger partial charge in [-0.3, -0.25) is 0 Å². The van der Waals surface area contributed by atoms with Gasteiger partial charge in [-0.1, -0.05) is 27.7 Å². The summed E-state index contributed by atoms with van der Waals surface area (Å²) in [7, 11) is 0. The predicted octanol–water partition coefficient (Wildman–Crippen LogP) is 2.58. The number of rotatable bonds is 2. The maximum absolute atomic E-state index is 5.52. The fourth-order valence-electron chi connectivity index (χ4n) is 0.977. The van der Waals surface area contributed by atoms with E-state index in [-0.39, 0.29) is 0 Å². The quantitative estimate of drug-likeness (QED) is 0.573. The lowest BCUT2D eigenvalue weighted by molar-refractivity contribution is 0.0489. The summed E-state index contributed by atoms with van der Waals surface area (Å²) in [6.45, 7) is 8.67. The zero-order valence-corrected chi connectivity index (χ0v) is 7.22. The first-order valence-electron chi connectivity index (χ1n) is 3.99. The molecule has 0 amide bonds. The minimum Gasteiger partial charge on any atom is -0.490 e. The number of hydrogen-bond donors (Lipinski definition) is 0. The molecule has 0 aromatic rings. The third kappa shape index (κ3) is 1.34. The second kappa shape index (κ2) is 2.65. The van der Waals surface area contributed by atoms with Crippen LogP contribution in [0, 0.1) is 11.8 Å². The van der Waals surface area contributed by atoms with Crippen LogP contribution in [0.2, 0.25) is 0 Å². The summed E-state index contributed by atoms with van der Waals surface area (Å²) in [6, 6.07) is 0. The molecule has 0 aromatic heterocycles. The van der Waals surface area contributed by atoms with Crippen molar-refractivity contribution < 1.29 is 4.74 Å². The molecule has 1 atom stereocenters. The van der Waals surface area contributed by atoms with Crippen molar-refractivity contribution in [1.82, 2.24) is 0 Å². The Bertz CT molecular complexity index is 145. The Balaban J connectivity index is 2.40. The van der Waals surface area contributed by atoms with Crippen molar-refractivity contribution in [3.63, 3.8) is 0 Å². The van der Waals surface area contributed by atoms with E-state index in [1.165, 1.54) is 5.76 Å². The van der Waals surface area contributed by atoms with Crippen LogP contribution >= 0.6 is 0 Å². The van der Waals surface area contributed by atoms with Gasteiger partial charge in [0.15, 0.2) is 0 Å². The zero-order valence-electron chi connectivity index (χ0n) is 7.22. The molecule has 1 aliphatic heterocycles. The Hall–Kier alpha value is -0.460. The summed E-state index contributed by atoms with van der Waals surface area (Å²) < 4.78 is 5.52. The molecule has 10 heavy (non-hydrogen) atoms. The lowest BCUT2D eigenvalue weighted by Gasteiger charge is -2.32. The monoisotopic (exact) mass is 140 g/mol. The van der Waals surface area contributed by atoms with E-state index in [0.29, 0.717) is 17.9 Å². The number of ether oxygens (including phenoxy) is 1. The Morgan fingerprint density at radius 2 is 1.80 bits per heavy atom. The van der Waals surface area contributed by atoms with Crippen molar-refractivity contribution in [2.24, 2.45) is 11.8 Å². The van der Waals surface area contributed by atoms with Crippen LogP contribution in [0.3, 0.4) is 0 Å². The first-order chi connectivity index (χ1) is 4.61. The van der Waals surface area contributed by atoms with Crippen LogP contribution in [0.15, 0.2) is 11.8 Å². The SMILES string of the molecule is CC(C)C1=CC(C(C)C)O1.